The Morgan fingerprint density at radius 1 is 0.958 bits per heavy atom. The summed E-state index contributed by atoms with van der Waals surface area (Å²) in [6.45, 7) is 0.387. The van der Waals surface area contributed by atoms with Crippen LogP contribution in [-0.4, -0.2) is 5.91 Å². The van der Waals surface area contributed by atoms with Gasteiger partial charge in [0.1, 0.15) is 18.2 Å². The van der Waals surface area contributed by atoms with Crippen LogP contribution in [0.4, 0.5) is 4.39 Å². The Balaban J connectivity index is 1.89. The highest BCUT2D eigenvalue weighted by atomic mass is 19.1. The summed E-state index contributed by atoms with van der Waals surface area (Å²) >= 11 is 0. The van der Waals surface area contributed by atoms with Crippen molar-refractivity contribution in [3.63, 3.8) is 0 Å². The van der Waals surface area contributed by atoms with E-state index in [0.717, 1.165) is 5.56 Å². The number of hydrogen-bond acceptors (Lipinski definition) is 2. The summed E-state index contributed by atoms with van der Waals surface area (Å²) in [5.41, 5.74) is 7.97. The molecule has 0 unspecified atom stereocenters. The quantitative estimate of drug-likeness (QED) is 0.767. The van der Waals surface area contributed by atoms with Crippen LogP contribution in [0.1, 0.15) is 15.9 Å². The molecule has 3 nitrogen and oxygen atoms in total. The lowest BCUT2D eigenvalue weighted by Gasteiger charge is -2.11. The summed E-state index contributed by atoms with van der Waals surface area (Å²) in [7, 11) is 0. The van der Waals surface area contributed by atoms with Crippen LogP contribution in [0.3, 0.4) is 0 Å². The van der Waals surface area contributed by atoms with Gasteiger partial charge in [0.15, 0.2) is 0 Å². The minimum atomic E-state index is -0.584. The maximum atomic E-state index is 13.4. The molecule has 0 aromatic heterocycles. The van der Waals surface area contributed by atoms with Gasteiger partial charge in [0.05, 0.1) is 5.56 Å². The number of carbonyl (C=O) groups excluding carboxylic acids is 1. The van der Waals surface area contributed by atoms with Gasteiger partial charge in [0.25, 0.3) is 0 Å². The van der Waals surface area contributed by atoms with Gasteiger partial charge in [0, 0.05) is 0 Å². The Bertz CT molecular complexity index is 863. The number of hydrogen-bond donors (Lipinski definition) is 1. The fraction of sp³-hybridized carbons (Fsp3) is 0.0500. The molecule has 24 heavy (non-hydrogen) atoms. The third-order valence-electron chi connectivity index (χ3n) is 3.64. The van der Waals surface area contributed by atoms with Crippen LogP contribution in [-0.2, 0) is 6.61 Å². The minimum Gasteiger partial charge on any atom is -0.489 e. The minimum absolute atomic E-state index is 0.297. The highest BCUT2D eigenvalue weighted by Gasteiger charge is 2.12. The molecule has 0 aliphatic heterocycles. The van der Waals surface area contributed by atoms with Crippen molar-refractivity contribution in [3.05, 3.63) is 89.7 Å². The van der Waals surface area contributed by atoms with Crippen LogP contribution in [0.5, 0.6) is 5.75 Å². The van der Waals surface area contributed by atoms with Crippen molar-refractivity contribution in [2.24, 2.45) is 5.73 Å². The molecule has 3 rings (SSSR count). The summed E-state index contributed by atoms with van der Waals surface area (Å²) in [5.74, 6) is -0.417. The molecule has 3 aromatic rings. The van der Waals surface area contributed by atoms with Crippen molar-refractivity contribution in [1.29, 1.82) is 0 Å². The van der Waals surface area contributed by atoms with E-state index < -0.39 is 5.91 Å². The van der Waals surface area contributed by atoms with Gasteiger partial charge in [-0.25, -0.2) is 4.39 Å². The van der Waals surface area contributed by atoms with Crippen molar-refractivity contribution in [3.8, 4) is 16.9 Å². The van der Waals surface area contributed by atoms with E-state index in [4.69, 9.17) is 10.5 Å². The van der Waals surface area contributed by atoms with E-state index in [-0.39, 0.29) is 5.82 Å². The molecule has 0 radical (unpaired) electrons. The SMILES string of the molecule is NC(=O)c1cc(OCc2ccccc2)ccc1-c1cccc(F)c1. The van der Waals surface area contributed by atoms with Crippen molar-refractivity contribution in [2.45, 2.75) is 6.61 Å². The first-order chi connectivity index (χ1) is 11.6. The van der Waals surface area contributed by atoms with Crippen LogP contribution in [0.15, 0.2) is 72.8 Å². The van der Waals surface area contributed by atoms with E-state index in [2.05, 4.69) is 0 Å². The Labute approximate surface area is 139 Å². The molecule has 0 spiro atoms. The number of benzene rings is 3. The maximum absolute atomic E-state index is 13.4. The van der Waals surface area contributed by atoms with E-state index in [1.54, 1.807) is 30.3 Å². The second kappa shape index (κ2) is 6.96. The third kappa shape index (κ3) is 3.60. The standard InChI is InChI=1S/C20H16FNO2/c21-16-8-4-7-15(11-16)18-10-9-17(12-19(18)20(22)23)24-13-14-5-2-1-3-6-14/h1-12H,13H2,(H2,22,23). The Morgan fingerprint density at radius 3 is 2.46 bits per heavy atom. The first-order valence-corrected chi connectivity index (χ1v) is 7.50. The second-order valence-electron chi connectivity index (χ2n) is 5.36. The average molecular weight is 321 g/mol. The van der Waals surface area contributed by atoms with Gasteiger partial charge in [-0.15, -0.1) is 0 Å². The summed E-state index contributed by atoms with van der Waals surface area (Å²) in [5, 5.41) is 0. The van der Waals surface area contributed by atoms with Gasteiger partial charge in [-0.05, 0) is 47.0 Å². The van der Waals surface area contributed by atoms with E-state index in [1.807, 2.05) is 30.3 Å². The fourth-order valence-electron chi connectivity index (χ4n) is 2.47. The van der Waals surface area contributed by atoms with E-state index in [1.165, 1.54) is 12.1 Å². The molecule has 0 aliphatic rings. The van der Waals surface area contributed by atoms with Gasteiger partial charge in [-0.3, -0.25) is 4.79 Å². The molecule has 0 saturated carbocycles. The molecular formula is C20H16FNO2. The van der Waals surface area contributed by atoms with Gasteiger partial charge < -0.3 is 10.5 Å². The molecule has 3 aromatic carbocycles. The lowest BCUT2D eigenvalue weighted by atomic mass is 9.99. The monoisotopic (exact) mass is 321 g/mol. The zero-order valence-electron chi connectivity index (χ0n) is 12.9. The van der Waals surface area contributed by atoms with Crippen LogP contribution in [0.2, 0.25) is 0 Å². The highest BCUT2D eigenvalue weighted by molar-refractivity contribution is 6.00. The molecule has 0 fully saturated rings. The molecular weight excluding hydrogens is 305 g/mol. The fourth-order valence-corrected chi connectivity index (χ4v) is 2.47. The molecule has 4 heteroatoms. The largest absolute Gasteiger partial charge is 0.489 e. The van der Waals surface area contributed by atoms with Gasteiger partial charge in [0.2, 0.25) is 5.91 Å². The average Bonchev–Trinajstić information content (AvgIpc) is 2.60. The molecule has 120 valence electrons. The van der Waals surface area contributed by atoms with Crippen LogP contribution in [0, 0.1) is 5.82 Å². The molecule has 0 atom stereocenters. The van der Waals surface area contributed by atoms with Crippen molar-refractivity contribution < 1.29 is 13.9 Å². The normalized spacial score (nSPS) is 10.4. The number of ether oxygens (including phenoxy) is 1. The maximum Gasteiger partial charge on any atom is 0.249 e. The third-order valence-corrected chi connectivity index (χ3v) is 3.64. The number of carbonyl (C=O) groups is 1. The van der Waals surface area contributed by atoms with E-state index in [9.17, 15) is 9.18 Å². The number of amides is 1. The van der Waals surface area contributed by atoms with E-state index >= 15 is 0 Å². The van der Waals surface area contributed by atoms with Gasteiger partial charge in [-0.1, -0.05) is 42.5 Å². The Morgan fingerprint density at radius 2 is 1.75 bits per heavy atom. The molecule has 0 saturated heterocycles. The van der Waals surface area contributed by atoms with Crippen LogP contribution in [0.25, 0.3) is 11.1 Å². The number of primary amides is 1. The summed E-state index contributed by atoms with van der Waals surface area (Å²) in [4.78, 5) is 11.8. The predicted molar refractivity (Wildman–Crippen MR) is 91.1 cm³/mol. The lowest BCUT2D eigenvalue weighted by molar-refractivity contribution is 0.100. The number of rotatable bonds is 5. The smallest absolute Gasteiger partial charge is 0.249 e. The topological polar surface area (TPSA) is 52.3 Å². The summed E-state index contributed by atoms with van der Waals surface area (Å²) in [6.07, 6.45) is 0. The number of nitrogens with two attached hydrogens (primary N) is 1. The van der Waals surface area contributed by atoms with Crippen LogP contribution >= 0.6 is 0 Å². The van der Waals surface area contributed by atoms with Crippen molar-refractivity contribution in [1.82, 2.24) is 0 Å². The zero-order valence-corrected chi connectivity index (χ0v) is 12.9. The Hall–Kier alpha value is -3.14. The highest BCUT2D eigenvalue weighted by Crippen LogP contribution is 2.28. The summed E-state index contributed by atoms with van der Waals surface area (Å²) < 4.78 is 19.1. The van der Waals surface area contributed by atoms with E-state index in [0.29, 0.717) is 29.0 Å². The molecule has 2 N–H and O–H groups in total. The van der Waals surface area contributed by atoms with Crippen molar-refractivity contribution in [2.75, 3.05) is 0 Å². The van der Waals surface area contributed by atoms with Crippen molar-refractivity contribution >= 4 is 5.91 Å². The summed E-state index contributed by atoms with van der Waals surface area (Å²) in [6, 6.07) is 20.8. The lowest BCUT2D eigenvalue weighted by Crippen LogP contribution is -2.12. The van der Waals surface area contributed by atoms with Gasteiger partial charge in [-0.2, -0.15) is 0 Å². The zero-order chi connectivity index (χ0) is 16.9. The van der Waals surface area contributed by atoms with Gasteiger partial charge >= 0.3 is 0 Å². The first-order valence-electron chi connectivity index (χ1n) is 7.50. The van der Waals surface area contributed by atoms with Crippen LogP contribution < -0.4 is 10.5 Å². The molecule has 0 bridgehead atoms. The number of halogens is 1. The first kappa shape index (κ1) is 15.7. The molecule has 0 heterocycles. The molecule has 0 aliphatic carbocycles. The predicted octanol–water partition coefficient (Wildman–Crippen LogP) is 4.17. The second-order valence-corrected chi connectivity index (χ2v) is 5.36. The molecule has 1 amide bonds. The Kier molecular flexibility index (Phi) is 4.57.